The number of likely N-dealkylation sites (N-methyl/N-ethyl adjacent to an activating group) is 1. The van der Waals surface area contributed by atoms with Crippen molar-refractivity contribution in [1.29, 1.82) is 0 Å². The molecule has 0 radical (unpaired) electrons. The third-order valence-electron chi connectivity index (χ3n) is 5.20. The van der Waals surface area contributed by atoms with Crippen LogP contribution in [-0.4, -0.2) is 55.7 Å². The summed E-state index contributed by atoms with van der Waals surface area (Å²) < 4.78 is 5.40. The van der Waals surface area contributed by atoms with E-state index in [9.17, 15) is 9.59 Å². The van der Waals surface area contributed by atoms with Crippen LogP contribution in [0.4, 0.5) is 16.2 Å². The second kappa shape index (κ2) is 9.39. The Bertz CT molecular complexity index is 919. The molecule has 166 valence electrons. The summed E-state index contributed by atoms with van der Waals surface area (Å²) in [6.07, 6.45) is 0.564. The maximum absolute atomic E-state index is 12.8. The summed E-state index contributed by atoms with van der Waals surface area (Å²) in [5.74, 6) is 0.0347. The lowest BCUT2D eigenvalue weighted by Gasteiger charge is -2.22. The van der Waals surface area contributed by atoms with E-state index in [2.05, 4.69) is 34.5 Å². The van der Waals surface area contributed by atoms with Gasteiger partial charge in [0.15, 0.2) is 5.75 Å². The first-order valence-electron chi connectivity index (χ1n) is 10.5. The second-order valence-electron chi connectivity index (χ2n) is 9.11. The molecule has 3 rings (SSSR count). The lowest BCUT2D eigenvalue weighted by atomic mass is 10.1. The molecule has 1 aliphatic heterocycles. The fourth-order valence-corrected chi connectivity index (χ4v) is 3.51. The van der Waals surface area contributed by atoms with Gasteiger partial charge in [-0.05, 0) is 77.7 Å². The van der Waals surface area contributed by atoms with Gasteiger partial charge in [0, 0.05) is 35.9 Å². The molecule has 2 N–H and O–H groups in total. The van der Waals surface area contributed by atoms with Crippen LogP contribution in [0.1, 0.15) is 37.6 Å². The molecular formula is C24H32N4O3. The van der Waals surface area contributed by atoms with Gasteiger partial charge < -0.3 is 25.2 Å². The Morgan fingerprint density at radius 3 is 2.35 bits per heavy atom. The zero-order valence-electron chi connectivity index (χ0n) is 18.9. The van der Waals surface area contributed by atoms with Crippen LogP contribution in [0.2, 0.25) is 0 Å². The Morgan fingerprint density at radius 1 is 1.06 bits per heavy atom. The number of nitrogens with zero attached hydrogens (tertiary/aromatic N) is 2. The van der Waals surface area contributed by atoms with E-state index >= 15 is 0 Å². The van der Waals surface area contributed by atoms with Crippen LogP contribution >= 0.6 is 0 Å². The van der Waals surface area contributed by atoms with E-state index in [4.69, 9.17) is 4.74 Å². The van der Waals surface area contributed by atoms with Crippen molar-refractivity contribution in [2.75, 3.05) is 37.4 Å². The van der Waals surface area contributed by atoms with Crippen LogP contribution in [0, 0.1) is 0 Å². The van der Waals surface area contributed by atoms with Crippen molar-refractivity contribution in [2.45, 2.75) is 38.8 Å². The standard InChI is InChI=1S/C24H32N4O3/c1-24(2,3)26-23(30)31-21-9-7-6-8-20(21)25-22(29)17-10-12-18(13-11-17)28-15-14-19(16-28)27(4)5/h6-13,19H,14-16H2,1-5H3,(H,25,29)(H,26,30)/t19-/m0/s1. The molecule has 2 amide bonds. The molecule has 2 aromatic carbocycles. The predicted molar refractivity (Wildman–Crippen MR) is 124 cm³/mol. The van der Waals surface area contributed by atoms with Crippen molar-refractivity contribution in [3.8, 4) is 5.75 Å². The molecule has 2 aromatic rings. The fraction of sp³-hybridized carbons (Fsp3) is 0.417. The van der Waals surface area contributed by atoms with Gasteiger partial charge in [0.2, 0.25) is 0 Å². The van der Waals surface area contributed by atoms with Gasteiger partial charge in [0.05, 0.1) is 5.69 Å². The molecule has 1 aliphatic rings. The lowest BCUT2D eigenvalue weighted by Crippen LogP contribution is -2.42. The Hall–Kier alpha value is -3.06. The summed E-state index contributed by atoms with van der Waals surface area (Å²) in [6, 6.07) is 15.0. The zero-order valence-corrected chi connectivity index (χ0v) is 18.9. The molecule has 1 fully saturated rings. The van der Waals surface area contributed by atoms with Gasteiger partial charge in [0.1, 0.15) is 0 Å². The molecule has 0 saturated carbocycles. The van der Waals surface area contributed by atoms with Crippen molar-refractivity contribution in [1.82, 2.24) is 10.2 Å². The highest BCUT2D eigenvalue weighted by Gasteiger charge is 2.24. The van der Waals surface area contributed by atoms with Crippen molar-refractivity contribution in [2.24, 2.45) is 0 Å². The quantitative estimate of drug-likeness (QED) is 0.760. The summed E-state index contributed by atoms with van der Waals surface area (Å²) in [6.45, 7) is 7.60. The normalized spacial score (nSPS) is 16.3. The summed E-state index contributed by atoms with van der Waals surface area (Å²) in [4.78, 5) is 29.5. The van der Waals surface area contributed by atoms with Crippen molar-refractivity contribution < 1.29 is 14.3 Å². The number of carbonyl (C=O) groups is 2. The molecule has 7 nitrogen and oxygen atoms in total. The van der Waals surface area contributed by atoms with E-state index in [0.29, 0.717) is 23.0 Å². The van der Waals surface area contributed by atoms with Crippen LogP contribution < -0.4 is 20.3 Å². The number of hydrogen-bond acceptors (Lipinski definition) is 5. The average Bonchev–Trinajstić information content (AvgIpc) is 3.19. The Labute approximate surface area is 184 Å². The van der Waals surface area contributed by atoms with Crippen LogP contribution in [0.25, 0.3) is 0 Å². The smallest absolute Gasteiger partial charge is 0.408 e. The predicted octanol–water partition coefficient (Wildman–Crippen LogP) is 3.97. The number of benzene rings is 2. The minimum absolute atomic E-state index is 0.258. The molecule has 0 aromatic heterocycles. The SMILES string of the molecule is CN(C)[C@H]1CCN(c2ccc(C(=O)Nc3ccccc3OC(=O)NC(C)(C)C)cc2)C1. The maximum atomic E-state index is 12.8. The zero-order chi connectivity index (χ0) is 22.6. The van der Waals surface area contributed by atoms with Crippen LogP contribution in [0.15, 0.2) is 48.5 Å². The first-order valence-corrected chi connectivity index (χ1v) is 10.5. The van der Waals surface area contributed by atoms with Crippen LogP contribution in [0.3, 0.4) is 0 Å². The van der Waals surface area contributed by atoms with Gasteiger partial charge in [-0.3, -0.25) is 4.79 Å². The Balaban J connectivity index is 1.65. The minimum atomic E-state index is -0.569. The van der Waals surface area contributed by atoms with Gasteiger partial charge in [0.25, 0.3) is 5.91 Å². The molecule has 0 aliphatic carbocycles. The van der Waals surface area contributed by atoms with Crippen molar-refractivity contribution >= 4 is 23.4 Å². The molecule has 1 atom stereocenters. The highest BCUT2D eigenvalue weighted by atomic mass is 16.6. The summed E-state index contributed by atoms with van der Waals surface area (Å²) >= 11 is 0. The highest BCUT2D eigenvalue weighted by Crippen LogP contribution is 2.26. The van der Waals surface area contributed by atoms with E-state index in [1.54, 1.807) is 24.3 Å². The first kappa shape index (κ1) is 22.6. The van der Waals surface area contributed by atoms with Gasteiger partial charge in [-0.1, -0.05) is 12.1 Å². The number of nitrogens with one attached hydrogen (secondary N) is 2. The van der Waals surface area contributed by atoms with Crippen molar-refractivity contribution in [3.05, 3.63) is 54.1 Å². The minimum Gasteiger partial charge on any atom is -0.408 e. The van der Waals surface area contributed by atoms with Gasteiger partial charge in [-0.2, -0.15) is 0 Å². The van der Waals surface area contributed by atoms with E-state index < -0.39 is 11.6 Å². The van der Waals surface area contributed by atoms with Gasteiger partial charge in [-0.15, -0.1) is 0 Å². The third-order valence-corrected chi connectivity index (χ3v) is 5.20. The Kier molecular flexibility index (Phi) is 6.85. The van der Waals surface area contributed by atoms with Gasteiger partial charge in [-0.25, -0.2) is 4.79 Å². The van der Waals surface area contributed by atoms with Crippen molar-refractivity contribution in [3.63, 3.8) is 0 Å². The number of amides is 2. The summed E-state index contributed by atoms with van der Waals surface area (Å²) in [5, 5.41) is 5.58. The largest absolute Gasteiger partial charge is 0.413 e. The summed E-state index contributed by atoms with van der Waals surface area (Å²) in [5.41, 5.74) is 1.68. The average molecular weight is 425 g/mol. The number of para-hydroxylation sites is 2. The molecule has 0 unspecified atom stereocenters. The highest BCUT2D eigenvalue weighted by molar-refractivity contribution is 6.05. The Morgan fingerprint density at radius 2 is 1.74 bits per heavy atom. The topological polar surface area (TPSA) is 73.9 Å². The second-order valence-corrected chi connectivity index (χ2v) is 9.11. The lowest BCUT2D eigenvalue weighted by molar-refractivity contribution is 0.102. The maximum Gasteiger partial charge on any atom is 0.413 e. The molecule has 0 spiro atoms. The van der Waals surface area contributed by atoms with E-state index in [-0.39, 0.29) is 5.91 Å². The molecule has 0 bridgehead atoms. The van der Waals surface area contributed by atoms with Gasteiger partial charge >= 0.3 is 6.09 Å². The third kappa shape index (κ3) is 6.21. The monoisotopic (exact) mass is 424 g/mol. The summed E-state index contributed by atoms with van der Waals surface area (Å²) in [7, 11) is 4.21. The van der Waals surface area contributed by atoms with E-state index in [1.165, 1.54) is 0 Å². The van der Waals surface area contributed by atoms with Crippen LogP contribution in [0.5, 0.6) is 5.75 Å². The number of rotatable bonds is 5. The molecule has 31 heavy (non-hydrogen) atoms. The van der Waals surface area contributed by atoms with E-state index in [0.717, 1.165) is 25.2 Å². The fourth-order valence-electron chi connectivity index (χ4n) is 3.51. The number of carbonyl (C=O) groups excluding carboxylic acids is 2. The van der Waals surface area contributed by atoms with Crippen LogP contribution in [-0.2, 0) is 0 Å². The molecule has 1 heterocycles. The number of ether oxygens (including phenoxy) is 1. The number of anilines is 2. The van der Waals surface area contributed by atoms with E-state index in [1.807, 2.05) is 45.0 Å². The number of hydrogen-bond donors (Lipinski definition) is 2. The first-order chi connectivity index (χ1) is 14.6. The molecule has 1 saturated heterocycles. The molecular weight excluding hydrogens is 392 g/mol. The molecule has 7 heteroatoms.